The highest BCUT2D eigenvalue weighted by Crippen LogP contribution is 2.48. The molecule has 0 aliphatic heterocycles. The fraction of sp³-hybridized carbons (Fsp3) is 0. The van der Waals surface area contributed by atoms with E-state index in [4.69, 9.17) is 4.98 Å². The summed E-state index contributed by atoms with van der Waals surface area (Å²) in [5, 5.41) is 12.8. The maximum atomic E-state index is 5.41. The van der Waals surface area contributed by atoms with Crippen molar-refractivity contribution in [3.05, 3.63) is 158 Å². The molecule has 0 saturated heterocycles. The summed E-state index contributed by atoms with van der Waals surface area (Å²) in [6.45, 7) is 0. The van der Waals surface area contributed by atoms with E-state index in [0.29, 0.717) is 0 Å². The monoisotopic (exact) mass is 594 g/mol. The van der Waals surface area contributed by atoms with Crippen molar-refractivity contribution in [3.8, 4) is 39.3 Å². The van der Waals surface area contributed by atoms with Crippen LogP contribution in [0.15, 0.2) is 158 Å². The highest BCUT2D eigenvalue weighted by atomic mass is 15.1. The Morgan fingerprint density at radius 1 is 0.383 bits per heavy atom. The van der Waals surface area contributed by atoms with Crippen LogP contribution in [0.2, 0.25) is 0 Å². The Hall–Kier alpha value is -6.25. The number of benzene rings is 8. The molecular weight excluding hydrogens is 569 g/mol. The van der Waals surface area contributed by atoms with E-state index in [1.165, 1.54) is 81.6 Å². The first kappa shape index (κ1) is 25.0. The highest BCUT2D eigenvalue weighted by Gasteiger charge is 2.23. The average Bonchev–Trinajstić information content (AvgIpc) is 3.66. The second kappa shape index (κ2) is 9.15. The van der Waals surface area contributed by atoms with Crippen molar-refractivity contribution in [1.82, 2.24) is 9.55 Å². The lowest BCUT2D eigenvalue weighted by atomic mass is 9.93. The van der Waals surface area contributed by atoms with Gasteiger partial charge >= 0.3 is 0 Å². The van der Waals surface area contributed by atoms with Crippen LogP contribution in [-0.4, -0.2) is 9.55 Å². The Morgan fingerprint density at radius 2 is 1.09 bits per heavy atom. The maximum Gasteiger partial charge on any atom is 0.138 e. The zero-order valence-electron chi connectivity index (χ0n) is 25.4. The van der Waals surface area contributed by atoms with E-state index >= 15 is 0 Å². The summed E-state index contributed by atoms with van der Waals surface area (Å²) in [5.41, 5.74) is 9.65. The number of para-hydroxylation sites is 1. The minimum Gasteiger partial charge on any atom is -0.293 e. The van der Waals surface area contributed by atoms with Gasteiger partial charge in [-0.2, -0.15) is 0 Å². The molecule has 1 aliphatic rings. The number of nitrogens with zero attached hydrogens (tertiary/aromatic N) is 2. The van der Waals surface area contributed by atoms with Gasteiger partial charge < -0.3 is 0 Å². The van der Waals surface area contributed by atoms with E-state index in [0.717, 1.165) is 22.6 Å². The zero-order chi connectivity index (χ0) is 30.6. The largest absolute Gasteiger partial charge is 0.293 e. The van der Waals surface area contributed by atoms with Crippen molar-refractivity contribution in [2.75, 3.05) is 0 Å². The molecule has 0 saturated carbocycles. The number of rotatable bonds is 2. The van der Waals surface area contributed by atoms with Crippen LogP contribution in [-0.2, 0) is 0 Å². The predicted molar refractivity (Wildman–Crippen MR) is 198 cm³/mol. The Kier molecular flexibility index (Phi) is 4.87. The van der Waals surface area contributed by atoms with E-state index in [9.17, 15) is 0 Å². The first-order chi connectivity index (χ1) is 23.3. The number of hydrogen-bond acceptors (Lipinski definition) is 1. The molecule has 11 rings (SSSR count). The van der Waals surface area contributed by atoms with Gasteiger partial charge in [-0.05, 0) is 84.2 Å². The molecule has 0 fully saturated rings. The van der Waals surface area contributed by atoms with Crippen LogP contribution in [0.3, 0.4) is 0 Å². The third-order valence-electron chi connectivity index (χ3n) is 10.3. The molecule has 8 aromatic carbocycles. The molecule has 0 amide bonds. The minimum absolute atomic E-state index is 0.921. The molecule has 47 heavy (non-hydrogen) atoms. The lowest BCUT2D eigenvalue weighted by molar-refractivity contribution is 1.09. The topological polar surface area (TPSA) is 17.8 Å². The second-order valence-corrected chi connectivity index (χ2v) is 12.7. The first-order valence-electron chi connectivity index (χ1n) is 16.2. The van der Waals surface area contributed by atoms with Gasteiger partial charge in [0.05, 0.1) is 16.7 Å². The molecule has 2 aromatic heterocycles. The molecule has 2 heterocycles. The van der Waals surface area contributed by atoms with Crippen LogP contribution >= 0.6 is 0 Å². The van der Waals surface area contributed by atoms with Gasteiger partial charge in [-0.15, -0.1) is 0 Å². The van der Waals surface area contributed by atoms with Crippen molar-refractivity contribution in [1.29, 1.82) is 0 Å². The van der Waals surface area contributed by atoms with Crippen LogP contribution in [0.5, 0.6) is 0 Å². The fourth-order valence-corrected chi connectivity index (χ4v) is 8.34. The summed E-state index contributed by atoms with van der Waals surface area (Å²) in [6, 6.07) is 57.5. The molecule has 10 aromatic rings. The van der Waals surface area contributed by atoms with Gasteiger partial charge in [0, 0.05) is 21.7 Å². The Labute approximate surface area is 270 Å². The van der Waals surface area contributed by atoms with Gasteiger partial charge in [0.2, 0.25) is 0 Å². The third kappa shape index (κ3) is 3.31. The number of hydrogen-bond donors (Lipinski definition) is 0. The highest BCUT2D eigenvalue weighted by molar-refractivity contribution is 6.36. The number of pyridine rings is 1. The number of fused-ring (bicyclic) bond motifs is 13. The molecule has 0 N–H and O–H groups in total. The van der Waals surface area contributed by atoms with Crippen LogP contribution in [0.25, 0.3) is 104 Å². The van der Waals surface area contributed by atoms with Gasteiger partial charge in [0.15, 0.2) is 0 Å². The Balaban J connectivity index is 1.20. The lowest BCUT2D eigenvalue weighted by Crippen LogP contribution is -1.99. The van der Waals surface area contributed by atoms with Crippen molar-refractivity contribution >= 4 is 64.9 Å². The molecule has 2 heteroatoms. The van der Waals surface area contributed by atoms with Gasteiger partial charge in [-0.3, -0.25) is 4.57 Å². The average molecular weight is 595 g/mol. The first-order valence-corrected chi connectivity index (χ1v) is 16.2. The van der Waals surface area contributed by atoms with E-state index < -0.39 is 0 Å². The van der Waals surface area contributed by atoms with Gasteiger partial charge in [-0.25, -0.2) is 4.98 Å². The van der Waals surface area contributed by atoms with Crippen molar-refractivity contribution in [2.45, 2.75) is 0 Å². The molecule has 0 unspecified atom stereocenters. The third-order valence-corrected chi connectivity index (χ3v) is 10.3. The predicted octanol–water partition coefficient (Wildman–Crippen LogP) is 12.1. The van der Waals surface area contributed by atoms with Crippen LogP contribution < -0.4 is 0 Å². The summed E-state index contributed by atoms with van der Waals surface area (Å²) in [4.78, 5) is 5.41. The van der Waals surface area contributed by atoms with Crippen molar-refractivity contribution in [3.63, 3.8) is 0 Å². The van der Waals surface area contributed by atoms with Gasteiger partial charge in [0.1, 0.15) is 5.82 Å². The standard InChI is InChI=1S/C45H26N2/c1-2-13-30-27(10-1)22-25-37-43(30)33-14-3-4-15-35(33)45-44(37)36-16-5-6-20-40(36)47(45)41-21-9-19-39(46-41)29-23-24-31-32-17-7-11-28-12-8-18-34(42(28)32)38(31)26-29/h1-26H. The maximum absolute atomic E-state index is 5.41. The van der Waals surface area contributed by atoms with E-state index in [1.807, 2.05) is 0 Å². The summed E-state index contributed by atoms with van der Waals surface area (Å²) in [7, 11) is 0. The lowest BCUT2D eigenvalue weighted by Gasteiger charge is -2.14. The molecule has 0 bridgehead atoms. The summed E-state index contributed by atoms with van der Waals surface area (Å²) in [5.74, 6) is 0.921. The summed E-state index contributed by atoms with van der Waals surface area (Å²) in [6.07, 6.45) is 0. The van der Waals surface area contributed by atoms with Crippen LogP contribution in [0.1, 0.15) is 0 Å². The zero-order valence-corrected chi connectivity index (χ0v) is 25.4. The Bertz CT molecular complexity index is 2960. The van der Waals surface area contributed by atoms with E-state index in [-0.39, 0.29) is 0 Å². The minimum atomic E-state index is 0.921. The fourth-order valence-electron chi connectivity index (χ4n) is 8.34. The Morgan fingerprint density at radius 3 is 1.96 bits per heavy atom. The van der Waals surface area contributed by atoms with Crippen LogP contribution in [0, 0.1) is 0 Å². The normalized spacial score (nSPS) is 12.3. The molecule has 0 spiro atoms. The van der Waals surface area contributed by atoms with Gasteiger partial charge in [0.25, 0.3) is 0 Å². The van der Waals surface area contributed by atoms with E-state index in [2.05, 4.69) is 162 Å². The summed E-state index contributed by atoms with van der Waals surface area (Å²) >= 11 is 0. The SMILES string of the molecule is c1cc(-c2ccc3c(c2)-c2cccc4cccc-3c24)nc(-n2c3ccccc3c3c4ccc5ccccc5c4c4ccccc4c32)c1. The second-order valence-electron chi connectivity index (χ2n) is 12.7. The number of aromatic nitrogens is 2. The molecule has 0 atom stereocenters. The van der Waals surface area contributed by atoms with Crippen molar-refractivity contribution < 1.29 is 0 Å². The quantitative estimate of drug-likeness (QED) is 0.182. The van der Waals surface area contributed by atoms with Gasteiger partial charge in [-0.1, -0.05) is 133 Å². The molecule has 2 nitrogen and oxygen atoms in total. The molecular formula is C45H26N2. The van der Waals surface area contributed by atoms with Crippen LogP contribution in [0.4, 0.5) is 0 Å². The smallest absolute Gasteiger partial charge is 0.138 e. The molecule has 0 radical (unpaired) electrons. The summed E-state index contributed by atoms with van der Waals surface area (Å²) < 4.78 is 2.38. The van der Waals surface area contributed by atoms with E-state index in [1.54, 1.807) is 0 Å². The molecule has 1 aliphatic carbocycles. The van der Waals surface area contributed by atoms with Crippen molar-refractivity contribution in [2.24, 2.45) is 0 Å². The molecule has 216 valence electrons.